The second-order valence-electron chi connectivity index (χ2n) is 9.05. The fraction of sp³-hybridized carbons (Fsp3) is 0.400. The number of halogens is 1. The van der Waals surface area contributed by atoms with Crippen LogP contribution in [0.25, 0.3) is 11.0 Å². The van der Waals surface area contributed by atoms with E-state index in [1.54, 1.807) is 12.1 Å². The van der Waals surface area contributed by atoms with Crippen LogP contribution in [0, 0.1) is 12.8 Å². The Kier molecular flexibility index (Phi) is 6.88. The average molecular weight is 468 g/mol. The Morgan fingerprint density at radius 1 is 1.18 bits per heavy atom. The van der Waals surface area contributed by atoms with Crippen LogP contribution < -0.4 is 21.1 Å². The Bertz CT molecular complexity index is 1220. The van der Waals surface area contributed by atoms with Crippen LogP contribution in [0.2, 0.25) is 5.02 Å². The van der Waals surface area contributed by atoms with Gasteiger partial charge < -0.3 is 20.1 Å². The third-order valence-electron chi connectivity index (χ3n) is 5.96. The molecule has 0 atom stereocenters. The van der Waals surface area contributed by atoms with E-state index in [9.17, 15) is 9.59 Å². The summed E-state index contributed by atoms with van der Waals surface area (Å²) >= 11 is 6.04. The fourth-order valence-corrected chi connectivity index (χ4v) is 4.41. The van der Waals surface area contributed by atoms with Crippen molar-refractivity contribution in [2.24, 2.45) is 5.92 Å². The summed E-state index contributed by atoms with van der Waals surface area (Å²) in [5.41, 5.74) is 3.28. The Morgan fingerprint density at radius 3 is 2.64 bits per heavy atom. The number of carbonyl (C=O) groups excluding carboxylic acids is 1. The molecular formula is C25H30ClN5O2. The largest absolute Gasteiger partial charge is 0.352 e. The summed E-state index contributed by atoms with van der Waals surface area (Å²) in [6.45, 7) is 8.10. The molecule has 0 bridgehead atoms. The van der Waals surface area contributed by atoms with Gasteiger partial charge in [-0.1, -0.05) is 43.6 Å². The molecule has 0 aliphatic carbocycles. The van der Waals surface area contributed by atoms with Crippen molar-refractivity contribution in [2.75, 3.05) is 23.3 Å². The van der Waals surface area contributed by atoms with Crippen LogP contribution in [0.3, 0.4) is 0 Å². The predicted octanol–water partition coefficient (Wildman–Crippen LogP) is 4.80. The first-order valence-corrected chi connectivity index (χ1v) is 11.8. The van der Waals surface area contributed by atoms with Crippen molar-refractivity contribution in [2.45, 2.75) is 46.2 Å². The number of fused-ring (bicyclic) bond motifs is 1. The summed E-state index contributed by atoms with van der Waals surface area (Å²) < 4.78 is 1.84. The first kappa shape index (κ1) is 23.1. The van der Waals surface area contributed by atoms with E-state index in [0.29, 0.717) is 42.1 Å². The molecule has 0 unspecified atom stereocenters. The van der Waals surface area contributed by atoms with Crippen molar-refractivity contribution in [3.05, 3.63) is 63.4 Å². The van der Waals surface area contributed by atoms with Gasteiger partial charge in [-0.15, -0.1) is 0 Å². The zero-order valence-corrected chi connectivity index (χ0v) is 20.0. The zero-order chi connectivity index (χ0) is 23.5. The summed E-state index contributed by atoms with van der Waals surface area (Å²) in [4.78, 5) is 32.6. The number of anilines is 2. The van der Waals surface area contributed by atoms with Crippen LogP contribution in [0.4, 0.5) is 16.3 Å². The fourth-order valence-electron chi connectivity index (χ4n) is 4.24. The maximum atomic E-state index is 13.3. The van der Waals surface area contributed by atoms with Crippen LogP contribution in [0.5, 0.6) is 0 Å². The number of hydrogen-bond acceptors (Lipinski definition) is 4. The van der Waals surface area contributed by atoms with E-state index in [-0.39, 0.29) is 17.6 Å². The minimum atomic E-state index is -0.248. The molecule has 0 spiro atoms. The Hall–Kier alpha value is -3.06. The molecule has 1 aliphatic rings. The summed E-state index contributed by atoms with van der Waals surface area (Å²) in [7, 11) is 0. The van der Waals surface area contributed by atoms with Gasteiger partial charge in [-0.2, -0.15) is 0 Å². The van der Waals surface area contributed by atoms with Gasteiger partial charge in [0.15, 0.2) is 5.82 Å². The van der Waals surface area contributed by atoms with Gasteiger partial charge >= 0.3 is 6.03 Å². The molecule has 1 fully saturated rings. The van der Waals surface area contributed by atoms with E-state index in [1.165, 1.54) is 0 Å². The molecule has 1 saturated heterocycles. The summed E-state index contributed by atoms with van der Waals surface area (Å²) in [6, 6.07) is 13.0. The first-order chi connectivity index (χ1) is 15.8. The Balaban J connectivity index is 1.44. The number of para-hydroxylation sites is 2. The molecule has 4 rings (SSSR count). The molecule has 1 aromatic heterocycles. The number of hydrogen-bond donors (Lipinski definition) is 2. The van der Waals surface area contributed by atoms with Crippen LogP contribution in [-0.4, -0.2) is 34.7 Å². The highest BCUT2D eigenvalue weighted by Gasteiger charge is 2.25. The van der Waals surface area contributed by atoms with E-state index in [4.69, 9.17) is 16.6 Å². The second kappa shape index (κ2) is 9.83. The number of nitrogens with one attached hydrogen (secondary N) is 2. The van der Waals surface area contributed by atoms with Crippen molar-refractivity contribution >= 4 is 40.2 Å². The lowest BCUT2D eigenvalue weighted by molar-refractivity contribution is 0.246. The van der Waals surface area contributed by atoms with Gasteiger partial charge in [-0.3, -0.25) is 4.79 Å². The molecule has 2 amide bonds. The van der Waals surface area contributed by atoms with Crippen molar-refractivity contribution in [1.82, 2.24) is 14.9 Å². The van der Waals surface area contributed by atoms with E-state index >= 15 is 0 Å². The molecule has 174 valence electrons. The van der Waals surface area contributed by atoms with Gasteiger partial charge in [0.1, 0.15) is 0 Å². The van der Waals surface area contributed by atoms with Crippen molar-refractivity contribution < 1.29 is 4.79 Å². The topological polar surface area (TPSA) is 79.3 Å². The molecule has 2 N–H and O–H groups in total. The monoisotopic (exact) mass is 467 g/mol. The second-order valence-corrected chi connectivity index (χ2v) is 9.49. The van der Waals surface area contributed by atoms with Crippen LogP contribution in [-0.2, 0) is 6.54 Å². The van der Waals surface area contributed by atoms with Crippen molar-refractivity contribution in [3.8, 4) is 0 Å². The lowest BCUT2D eigenvalue weighted by Gasteiger charge is -2.33. The van der Waals surface area contributed by atoms with Gasteiger partial charge in [0.05, 0.1) is 11.0 Å². The smallest absolute Gasteiger partial charge is 0.319 e. The highest BCUT2D eigenvalue weighted by molar-refractivity contribution is 6.31. The highest BCUT2D eigenvalue weighted by atomic mass is 35.5. The van der Waals surface area contributed by atoms with Gasteiger partial charge in [-0.25, -0.2) is 9.78 Å². The number of rotatable bonds is 5. The zero-order valence-electron chi connectivity index (χ0n) is 19.3. The molecule has 0 saturated carbocycles. The van der Waals surface area contributed by atoms with E-state index in [0.717, 1.165) is 29.4 Å². The van der Waals surface area contributed by atoms with E-state index in [1.807, 2.05) is 46.7 Å². The van der Waals surface area contributed by atoms with Crippen molar-refractivity contribution in [1.29, 1.82) is 0 Å². The van der Waals surface area contributed by atoms with Crippen molar-refractivity contribution in [3.63, 3.8) is 0 Å². The van der Waals surface area contributed by atoms with Gasteiger partial charge in [0.2, 0.25) is 0 Å². The average Bonchev–Trinajstić information content (AvgIpc) is 2.78. The van der Waals surface area contributed by atoms with Gasteiger partial charge in [0.25, 0.3) is 5.56 Å². The Labute approximate surface area is 198 Å². The highest BCUT2D eigenvalue weighted by Crippen LogP contribution is 2.21. The first-order valence-electron chi connectivity index (χ1n) is 11.4. The van der Waals surface area contributed by atoms with Crippen LogP contribution >= 0.6 is 11.6 Å². The standard InChI is InChI=1S/C25H30ClN5O2/c1-16(2)15-31-22-7-5-4-6-20(22)28-23(24(31)32)30-12-10-19(11-13-30)27-25(33)29-21-14-18(26)9-8-17(21)3/h4-9,14,16,19H,10-13,15H2,1-3H3,(H2,27,29,33). The Morgan fingerprint density at radius 2 is 1.91 bits per heavy atom. The van der Waals surface area contributed by atoms with Gasteiger partial charge in [-0.05, 0) is 55.5 Å². The maximum absolute atomic E-state index is 13.3. The quantitative estimate of drug-likeness (QED) is 0.564. The third kappa shape index (κ3) is 5.30. The molecule has 33 heavy (non-hydrogen) atoms. The summed E-state index contributed by atoms with van der Waals surface area (Å²) in [5.74, 6) is 0.838. The minimum absolute atomic E-state index is 0.0269. The lowest BCUT2D eigenvalue weighted by atomic mass is 10.1. The predicted molar refractivity (Wildman–Crippen MR) is 134 cm³/mol. The summed E-state index contributed by atoms with van der Waals surface area (Å²) in [5, 5.41) is 6.51. The molecule has 7 nitrogen and oxygen atoms in total. The normalized spacial score (nSPS) is 14.6. The number of urea groups is 1. The lowest BCUT2D eigenvalue weighted by Crippen LogP contribution is -2.47. The van der Waals surface area contributed by atoms with Gasteiger partial charge in [0, 0.05) is 36.4 Å². The molecule has 2 heterocycles. The van der Waals surface area contributed by atoms with E-state index in [2.05, 4.69) is 24.5 Å². The number of benzene rings is 2. The number of carbonyl (C=O) groups is 1. The number of piperidine rings is 1. The minimum Gasteiger partial charge on any atom is -0.352 e. The number of amides is 2. The number of aryl methyl sites for hydroxylation is 1. The van der Waals surface area contributed by atoms with Crippen LogP contribution in [0.1, 0.15) is 32.3 Å². The number of aromatic nitrogens is 2. The molecular weight excluding hydrogens is 438 g/mol. The molecule has 2 aromatic carbocycles. The summed E-state index contributed by atoms with van der Waals surface area (Å²) in [6.07, 6.45) is 1.47. The maximum Gasteiger partial charge on any atom is 0.319 e. The van der Waals surface area contributed by atoms with Crippen LogP contribution in [0.15, 0.2) is 47.3 Å². The molecule has 8 heteroatoms. The SMILES string of the molecule is Cc1ccc(Cl)cc1NC(=O)NC1CCN(c2nc3ccccc3n(CC(C)C)c2=O)CC1. The molecule has 0 radical (unpaired) electrons. The third-order valence-corrected chi connectivity index (χ3v) is 6.20. The number of nitrogens with zero attached hydrogens (tertiary/aromatic N) is 3. The molecule has 3 aromatic rings. The van der Waals surface area contributed by atoms with E-state index < -0.39 is 0 Å². The molecule has 1 aliphatic heterocycles.